The van der Waals surface area contributed by atoms with E-state index in [0.29, 0.717) is 6.04 Å². The summed E-state index contributed by atoms with van der Waals surface area (Å²) in [6.45, 7) is 6.94. The van der Waals surface area contributed by atoms with Crippen molar-refractivity contribution in [2.24, 2.45) is 23.5 Å². The molecular formula is C11H23N. The lowest BCUT2D eigenvalue weighted by Gasteiger charge is -2.32. The highest BCUT2D eigenvalue weighted by Gasteiger charge is 2.24. The lowest BCUT2D eigenvalue weighted by atomic mass is 9.76. The van der Waals surface area contributed by atoms with Gasteiger partial charge in [0.1, 0.15) is 0 Å². The second-order valence-corrected chi connectivity index (χ2v) is 4.95. The Balaban J connectivity index is 2.30. The third kappa shape index (κ3) is 2.78. The molecule has 1 heteroatoms. The molecule has 2 N–H and O–H groups in total. The minimum absolute atomic E-state index is 0.480. The topological polar surface area (TPSA) is 26.0 Å². The second kappa shape index (κ2) is 4.27. The van der Waals surface area contributed by atoms with E-state index in [9.17, 15) is 0 Å². The van der Waals surface area contributed by atoms with Crippen LogP contribution in [0.3, 0.4) is 0 Å². The van der Waals surface area contributed by atoms with Crippen LogP contribution in [-0.2, 0) is 0 Å². The van der Waals surface area contributed by atoms with E-state index in [4.69, 9.17) is 5.73 Å². The molecule has 0 radical (unpaired) electrons. The van der Waals surface area contributed by atoms with E-state index in [-0.39, 0.29) is 0 Å². The van der Waals surface area contributed by atoms with Crippen LogP contribution in [0, 0.1) is 17.8 Å². The van der Waals surface area contributed by atoms with E-state index in [1.165, 1.54) is 25.7 Å². The van der Waals surface area contributed by atoms with Crippen molar-refractivity contribution in [3.63, 3.8) is 0 Å². The number of hydrogen-bond acceptors (Lipinski definition) is 1. The number of hydrogen-bond donors (Lipinski definition) is 1. The molecule has 0 aromatic carbocycles. The first-order valence-corrected chi connectivity index (χ1v) is 5.35. The molecule has 3 atom stereocenters. The molecule has 0 bridgehead atoms. The average molecular weight is 169 g/mol. The second-order valence-electron chi connectivity index (χ2n) is 4.95. The molecule has 12 heavy (non-hydrogen) atoms. The maximum Gasteiger partial charge on any atom is 0.00647 e. The van der Waals surface area contributed by atoms with E-state index in [1.807, 2.05) is 0 Å². The molecule has 1 aliphatic carbocycles. The smallest absolute Gasteiger partial charge is 0.00647 e. The maximum absolute atomic E-state index is 5.97. The van der Waals surface area contributed by atoms with Gasteiger partial charge in [-0.2, -0.15) is 0 Å². The largest absolute Gasteiger partial charge is 0.327 e. The number of rotatable bonds is 2. The summed E-state index contributed by atoms with van der Waals surface area (Å²) >= 11 is 0. The minimum atomic E-state index is 0.480. The molecule has 0 aromatic rings. The molecule has 1 rings (SSSR count). The average Bonchev–Trinajstić information content (AvgIpc) is 1.96. The maximum atomic E-state index is 5.97. The zero-order valence-electron chi connectivity index (χ0n) is 8.72. The van der Waals surface area contributed by atoms with Crippen molar-refractivity contribution in [2.45, 2.75) is 52.5 Å². The quantitative estimate of drug-likeness (QED) is 0.676. The van der Waals surface area contributed by atoms with Crippen molar-refractivity contribution in [2.75, 3.05) is 0 Å². The minimum Gasteiger partial charge on any atom is -0.327 e. The van der Waals surface area contributed by atoms with E-state index < -0.39 is 0 Å². The Morgan fingerprint density at radius 2 is 2.00 bits per heavy atom. The molecule has 1 aliphatic rings. The van der Waals surface area contributed by atoms with Gasteiger partial charge in [0.05, 0.1) is 0 Å². The molecular weight excluding hydrogens is 146 g/mol. The first kappa shape index (κ1) is 10.0. The fourth-order valence-corrected chi connectivity index (χ4v) is 2.41. The Hall–Kier alpha value is -0.0400. The van der Waals surface area contributed by atoms with Crippen molar-refractivity contribution >= 4 is 0 Å². The molecule has 1 fully saturated rings. The van der Waals surface area contributed by atoms with Crippen molar-refractivity contribution < 1.29 is 0 Å². The van der Waals surface area contributed by atoms with Crippen LogP contribution in [0.15, 0.2) is 0 Å². The highest BCUT2D eigenvalue weighted by molar-refractivity contribution is 4.80. The van der Waals surface area contributed by atoms with Crippen LogP contribution in [0.25, 0.3) is 0 Å². The zero-order valence-corrected chi connectivity index (χ0v) is 8.72. The van der Waals surface area contributed by atoms with E-state index in [2.05, 4.69) is 20.8 Å². The highest BCUT2D eigenvalue weighted by atomic mass is 14.7. The molecule has 1 saturated carbocycles. The van der Waals surface area contributed by atoms with Crippen molar-refractivity contribution in [3.8, 4) is 0 Å². The summed E-state index contributed by atoms with van der Waals surface area (Å²) in [4.78, 5) is 0. The Morgan fingerprint density at radius 1 is 1.33 bits per heavy atom. The fourth-order valence-electron chi connectivity index (χ4n) is 2.41. The Labute approximate surface area is 76.7 Å². The normalized spacial score (nSPS) is 37.2. The van der Waals surface area contributed by atoms with Crippen LogP contribution in [0.4, 0.5) is 0 Å². The highest BCUT2D eigenvalue weighted by Crippen LogP contribution is 2.31. The van der Waals surface area contributed by atoms with Gasteiger partial charge < -0.3 is 5.73 Å². The summed E-state index contributed by atoms with van der Waals surface area (Å²) in [7, 11) is 0. The van der Waals surface area contributed by atoms with Gasteiger partial charge in [-0.15, -0.1) is 0 Å². The Morgan fingerprint density at radius 3 is 2.50 bits per heavy atom. The first-order chi connectivity index (χ1) is 5.59. The summed E-state index contributed by atoms with van der Waals surface area (Å²) in [5.74, 6) is 2.57. The Bertz CT molecular complexity index is 131. The zero-order chi connectivity index (χ0) is 9.14. The summed E-state index contributed by atoms with van der Waals surface area (Å²) in [5.41, 5.74) is 5.97. The van der Waals surface area contributed by atoms with Gasteiger partial charge in [0, 0.05) is 6.04 Å². The molecule has 72 valence electrons. The van der Waals surface area contributed by atoms with Crippen LogP contribution in [0.1, 0.15) is 46.5 Å². The van der Waals surface area contributed by atoms with Gasteiger partial charge in [-0.05, 0) is 43.4 Å². The van der Waals surface area contributed by atoms with E-state index in [1.54, 1.807) is 0 Å². The van der Waals surface area contributed by atoms with Gasteiger partial charge in [-0.1, -0.05) is 20.8 Å². The van der Waals surface area contributed by atoms with Crippen LogP contribution < -0.4 is 5.73 Å². The standard InChI is InChI=1S/C11H23N/c1-8(2)6-10-4-5-11(12)9(3)7-10/h8-11H,4-7,12H2,1-3H3. The number of nitrogens with two attached hydrogens (primary N) is 1. The molecule has 0 spiro atoms. The lowest BCUT2D eigenvalue weighted by Crippen LogP contribution is -2.34. The van der Waals surface area contributed by atoms with Gasteiger partial charge in [0.25, 0.3) is 0 Å². The van der Waals surface area contributed by atoms with Crippen molar-refractivity contribution in [3.05, 3.63) is 0 Å². The van der Waals surface area contributed by atoms with Crippen LogP contribution in [0.5, 0.6) is 0 Å². The van der Waals surface area contributed by atoms with Gasteiger partial charge in [0.2, 0.25) is 0 Å². The molecule has 1 nitrogen and oxygen atoms in total. The third-order valence-corrected chi connectivity index (χ3v) is 3.15. The summed E-state index contributed by atoms with van der Waals surface area (Å²) < 4.78 is 0. The van der Waals surface area contributed by atoms with Gasteiger partial charge in [-0.3, -0.25) is 0 Å². The summed E-state index contributed by atoms with van der Waals surface area (Å²) in [6.07, 6.45) is 5.37. The van der Waals surface area contributed by atoms with Gasteiger partial charge >= 0.3 is 0 Å². The van der Waals surface area contributed by atoms with E-state index in [0.717, 1.165) is 17.8 Å². The molecule has 3 unspecified atom stereocenters. The SMILES string of the molecule is CC(C)CC1CCC(N)C(C)C1. The van der Waals surface area contributed by atoms with Crippen LogP contribution in [-0.4, -0.2) is 6.04 Å². The molecule has 0 aliphatic heterocycles. The molecule has 0 saturated heterocycles. The van der Waals surface area contributed by atoms with Crippen molar-refractivity contribution in [1.82, 2.24) is 0 Å². The first-order valence-electron chi connectivity index (χ1n) is 5.35. The molecule has 0 heterocycles. The van der Waals surface area contributed by atoms with Crippen LogP contribution >= 0.6 is 0 Å². The van der Waals surface area contributed by atoms with Gasteiger partial charge in [-0.25, -0.2) is 0 Å². The monoisotopic (exact) mass is 169 g/mol. The molecule has 0 amide bonds. The lowest BCUT2D eigenvalue weighted by molar-refractivity contribution is 0.222. The third-order valence-electron chi connectivity index (χ3n) is 3.15. The Kier molecular flexibility index (Phi) is 3.57. The predicted molar refractivity (Wildman–Crippen MR) is 53.9 cm³/mol. The van der Waals surface area contributed by atoms with Crippen molar-refractivity contribution in [1.29, 1.82) is 0 Å². The predicted octanol–water partition coefficient (Wildman–Crippen LogP) is 2.80. The summed E-state index contributed by atoms with van der Waals surface area (Å²) in [5, 5.41) is 0. The summed E-state index contributed by atoms with van der Waals surface area (Å²) in [6, 6.07) is 0.480. The fraction of sp³-hybridized carbons (Fsp3) is 1.00. The molecule has 0 aromatic heterocycles. The van der Waals surface area contributed by atoms with Gasteiger partial charge in [0.15, 0.2) is 0 Å². The van der Waals surface area contributed by atoms with Crippen LogP contribution in [0.2, 0.25) is 0 Å². The van der Waals surface area contributed by atoms with E-state index >= 15 is 0 Å².